The first-order chi connectivity index (χ1) is 9.87. The van der Waals surface area contributed by atoms with Gasteiger partial charge in [-0.15, -0.1) is 0 Å². The van der Waals surface area contributed by atoms with Crippen molar-refractivity contribution in [2.24, 2.45) is 0 Å². The average Bonchev–Trinajstić information content (AvgIpc) is 2.44. The van der Waals surface area contributed by atoms with Crippen LogP contribution in [0.3, 0.4) is 0 Å². The number of hydrogen-bond donors (Lipinski definition) is 0. The van der Waals surface area contributed by atoms with Gasteiger partial charge in [0.15, 0.2) is 0 Å². The number of hydrogen-bond acceptors (Lipinski definition) is 2. The maximum absolute atomic E-state index is 13.9. The Labute approximate surface area is 132 Å². The molecule has 0 aromatic heterocycles. The molecule has 6 heteroatoms. The fourth-order valence-electron chi connectivity index (χ4n) is 2.09. The molecule has 0 saturated carbocycles. The Hall–Kier alpha value is -1.40. The second kappa shape index (κ2) is 6.15. The molecule has 0 radical (unpaired) electrons. The van der Waals surface area contributed by atoms with Crippen LogP contribution in [0.5, 0.6) is 0 Å². The standard InChI is InChI=1S/C15H15BrFNO2S/c1-3-18(14-7-5-4-6-13(14)17)21(19,20)15-10-12(16)9-8-11(15)2/h4-10H,3H2,1-2H3. The first-order valence-electron chi connectivity index (χ1n) is 6.41. The monoisotopic (exact) mass is 371 g/mol. The highest BCUT2D eigenvalue weighted by Gasteiger charge is 2.27. The summed E-state index contributed by atoms with van der Waals surface area (Å²) in [7, 11) is -3.82. The van der Waals surface area contributed by atoms with Crippen LogP contribution >= 0.6 is 15.9 Å². The van der Waals surface area contributed by atoms with Crippen LogP contribution in [0.4, 0.5) is 10.1 Å². The molecule has 0 aliphatic rings. The summed E-state index contributed by atoms with van der Waals surface area (Å²) in [6.45, 7) is 3.54. The van der Waals surface area contributed by atoms with E-state index in [0.717, 1.165) is 4.31 Å². The molecule has 0 heterocycles. The molecule has 2 aromatic carbocycles. The first kappa shape index (κ1) is 16.0. The van der Waals surface area contributed by atoms with Crippen molar-refractivity contribution in [2.75, 3.05) is 10.8 Å². The number of anilines is 1. The lowest BCUT2D eigenvalue weighted by atomic mass is 10.2. The van der Waals surface area contributed by atoms with Gasteiger partial charge in [0.25, 0.3) is 10.0 Å². The second-order valence-corrected chi connectivity index (χ2v) is 7.28. The van der Waals surface area contributed by atoms with Crippen LogP contribution in [0.1, 0.15) is 12.5 Å². The predicted molar refractivity (Wildman–Crippen MR) is 85.5 cm³/mol. The van der Waals surface area contributed by atoms with E-state index >= 15 is 0 Å². The van der Waals surface area contributed by atoms with Crippen molar-refractivity contribution in [3.8, 4) is 0 Å². The number of nitrogens with zero attached hydrogens (tertiary/aromatic N) is 1. The van der Waals surface area contributed by atoms with Crippen LogP contribution in [-0.4, -0.2) is 15.0 Å². The summed E-state index contributed by atoms with van der Waals surface area (Å²) in [5.41, 5.74) is 0.673. The number of halogens is 2. The molecule has 0 fully saturated rings. The van der Waals surface area contributed by atoms with Gasteiger partial charge in [0.1, 0.15) is 5.82 Å². The van der Waals surface area contributed by atoms with Crippen LogP contribution < -0.4 is 4.31 Å². The van der Waals surface area contributed by atoms with Crippen molar-refractivity contribution in [3.05, 3.63) is 58.3 Å². The Morgan fingerprint density at radius 3 is 2.48 bits per heavy atom. The smallest absolute Gasteiger partial charge is 0.264 e. The molecule has 0 amide bonds. The highest BCUT2D eigenvalue weighted by Crippen LogP contribution is 2.29. The number of sulfonamides is 1. The molecule has 0 N–H and O–H groups in total. The summed E-state index contributed by atoms with van der Waals surface area (Å²) in [5.74, 6) is -0.560. The molecule has 0 spiro atoms. The first-order valence-corrected chi connectivity index (χ1v) is 8.64. The summed E-state index contributed by atoms with van der Waals surface area (Å²) < 4.78 is 41.3. The molecule has 0 bridgehead atoms. The summed E-state index contributed by atoms with van der Waals surface area (Å²) in [6.07, 6.45) is 0. The van der Waals surface area contributed by atoms with Gasteiger partial charge in [-0.05, 0) is 43.7 Å². The molecule has 0 atom stereocenters. The molecule has 112 valence electrons. The number of para-hydroxylation sites is 1. The molecule has 2 rings (SSSR count). The minimum Gasteiger partial charge on any atom is -0.264 e. The van der Waals surface area contributed by atoms with Crippen molar-refractivity contribution < 1.29 is 12.8 Å². The van der Waals surface area contributed by atoms with E-state index < -0.39 is 15.8 Å². The molecule has 3 nitrogen and oxygen atoms in total. The highest BCUT2D eigenvalue weighted by molar-refractivity contribution is 9.10. The van der Waals surface area contributed by atoms with Crippen LogP contribution in [0.25, 0.3) is 0 Å². The third-order valence-corrected chi connectivity index (χ3v) is 5.65. The zero-order valence-electron chi connectivity index (χ0n) is 11.7. The van der Waals surface area contributed by atoms with Gasteiger partial charge in [-0.2, -0.15) is 0 Å². The van der Waals surface area contributed by atoms with Gasteiger partial charge in [-0.1, -0.05) is 34.1 Å². The predicted octanol–water partition coefficient (Wildman–Crippen LogP) is 4.11. The SMILES string of the molecule is CCN(c1ccccc1F)S(=O)(=O)c1cc(Br)ccc1C. The van der Waals surface area contributed by atoms with Crippen molar-refractivity contribution in [1.29, 1.82) is 0 Å². The molecule has 21 heavy (non-hydrogen) atoms. The fourth-order valence-corrected chi connectivity index (χ4v) is 4.34. The van der Waals surface area contributed by atoms with Gasteiger partial charge in [0.2, 0.25) is 0 Å². The quantitative estimate of drug-likeness (QED) is 0.810. The van der Waals surface area contributed by atoms with E-state index in [1.807, 2.05) is 0 Å². The van der Waals surface area contributed by atoms with E-state index in [1.54, 1.807) is 32.0 Å². The van der Waals surface area contributed by atoms with Crippen LogP contribution in [0, 0.1) is 12.7 Å². The lowest BCUT2D eigenvalue weighted by molar-refractivity contribution is 0.586. The normalized spacial score (nSPS) is 11.4. The van der Waals surface area contributed by atoms with Gasteiger partial charge in [-0.25, -0.2) is 12.8 Å². The van der Waals surface area contributed by atoms with Gasteiger partial charge in [0.05, 0.1) is 10.6 Å². The van der Waals surface area contributed by atoms with Crippen LogP contribution in [-0.2, 0) is 10.0 Å². The summed E-state index contributed by atoms with van der Waals surface area (Å²) in [4.78, 5) is 0.168. The van der Waals surface area contributed by atoms with Gasteiger partial charge >= 0.3 is 0 Å². The molecule has 2 aromatic rings. The number of benzene rings is 2. The van der Waals surface area contributed by atoms with E-state index in [0.29, 0.717) is 10.0 Å². The molecular weight excluding hydrogens is 357 g/mol. The minimum atomic E-state index is -3.82. The maximum atomic E-state index is 13.9. The van der Waals surface area contributed by atoms with Crippen LogP contribution in [0.2, 0.25) is 0 Å². The van der Waals surface area contributed by atoms with E-state index in [4.69, 9.17) is 0 Å². The zero-order chi connectivity index (χ0) is 15.6. The van der Waals surface area contributed by atoms with Crippen molar-refractivity contribution in [2.45, 2.75) is 18.7 Å². The highest BCUT2D eigenvalue weighted by atomic mass is 79.9. The van der Waals surface area contributed by atoms with E-state index in [1.165, 1.54) is 24.3 Å². The largest absolute Gasteiger partial charge is 0.264 e. The summed E-state index contributed by atoms with van der Waals surface area (Å²) >= 11 is 3.27. The van der Waals surface area contributed by atoms with Gasteiger partial charge in [-0.3, -0.25) is 4.31 Å². The van der Waals surface area contributed by atoms with Crippen molar-refractivity contribution in [1.82, 2.24) is 0 Å². The number of aryl methyl sites for hydroxylation is 1. The van der Waals surface area contributed by atoms with Crippen molar-refractivity contribution >= 4 is 31.6 Å². The Kier molecular flexibility index (Phi) is 4.68. The topological polar surface area (TPSA) is 37.4 Å². The Balaban J connectivity index is 2.61. The third-order valence-electron chi connectivity index (χ3n) is 3.13. The molecular formula is C15H15BrFNO2S. The number of rotatable bonds is 4. The molecule has 0 aliphatic carbocycles. The minimum absolute atomic E-state index is 0.0550. The molecule has 0 unspecified atom stereocenters. The molecule has 0 saturated heterocycles. The Morgan fingerprint density at radius 1 is 1.19 bits per heavy atom. The lowest BCUT2D eigenvalue weighted by Crippen LogP contribution is -2.32. The third kappa shape index (κ3) is 3.11. The lowest BCUT2D eigenvalue weighted by Gasteiger charge is -2.24. The van der Waals surface area contributed by atoms with Crippen molar-refractivity contribution in [3.63, 3.8) is 0 Å². The van der Waals surface area contributed by atoms with E-state index in [2.05, 4.69) is 15.9 Å². The van der Waals surface area contributed by atoms with Gasteiger partial charge < -0.3 is 0 Å². The summed E-state index contributed by atoms with van der Waals surface area (Å²) in [6, 6.07) is 10.9. The van der Waals surface area contributed by atoms with E-state index in [-0.39, 0.29) is 17.1 Å². The Bertz CT molecular complexity index is 762. The van der Waals surface area contributed by atoms with Crippen LogP contribution in [0.15, 0.2) is 51.8 Å². The maximum Gasteiger partial charge on any atom is 0.264 e. The fraction of sp³-hybridized carbons (Fsp3) is 0.200. The average molecular weight is 372 g/mol. The molecule has 0 aliphatic heterocycles. The van der Waals surface area contributed by atoms with E-state index in [9.17, 15) is 12.8 Å². The summed E-state index contributed by atoms with van der Waals surface area (Å²) in [5, 5.41) is 0. The Morgan fingerprint density at radius 2 is 1.86 bits per heavy atom. The second-order valence-electron chi connectivity index (χ2n) is 4.53. The van der Waals surface area contributed by atoms with Gasteiger partial charge in [0, 0.05) is 11.0 Å². The zero-order valence-corrected chi connectivity index (χ0v) is 14.1.